The van der Waals surface area contributed by atoms with Crippen LogP contribution in [-0.2, 0) is 0 Å². The molecule has 0 bridgehead atoms. The second-order valence-electron chi connectivity index (χ2n) is 9.29. The smallest absolute Gasteiger partial charge is 0.0149 e. The lowest BCUT2D eigenvalue weighted by Crippen LogP contribution is -2.25. The minimum atomic E-state index is 0.0753. The lowest BCUT2D eigenvalue weighted by Gasteiger charge is -2.34. The molecule has 5 rings (SSSR count). The monoisotopic (exact) mass is 390 g/mol. The van der Waals surface area contributed by atoms with Gasteiger partial charge in [0.1, 0.15) is 0 Å². The molecule has 2 unspecified atom stereocenters. The van der Waals surface area contributed by atoms with Crippen molar-refractivity contribution in [3.63, 3.8) is 0 Å². The van der Waals surface area contributed by atoms with Gasteiger partial charge in [-0.2, -0.15) is 0 Å². The Labute approximate surface area is 181 Å². The van der Waals surface area contributed by atoms with Gasteiger partial charge in [0.05, 0.1) is 0 Å². The molecule has 2 aliphatic rings. The summed E-state index contributed by atoms with van der Waals surface area (Å²) < 4.78 is 0. The lowest BCUT2D eigenvalue weighted by atomic mass is 9.69. The minimum absolute atomic E-state index is 0.0753. The molecule has 30 heavy (non-hydrogen) atoms. The Kier molecular flexibility index (Phi) is 5.11. The van der Waals surface area contributed by atoms with Gasteiger partial charge in [-0.15, -0.1) is 0 Å². The molecule has 2 atom stereocenters. The fourth-order valence-electron chi connectivity index (χ4n) is 5.96. The summed E-state index contributed by atoms with van der Waals surface area (Å²) in [5.74, 6) is 4.61. The number of rotatable bonds is 4. The van der Waals surface area contributed by atoms with Gasteiger partial charge in [-0.25, -0.2) is 0 Å². The Morgan fingerprint density at radius 3 is 1.77 bits per heavy atom. The van der Waals surface area contributed by atoms with E-state index in [1.165, 1.54) is 41.5 Å². The standard InChI is InChI=1S/C30H30/c1-30(2)28(25-19-12-20-26(25)29(30)24-17-10-5-11-18-24)21-27(22-13-6-3-7-14-22)23-15-8-4-9-16-23/h3-11,13-18,21,25-26H,12,19-20H2,1-2H3. The first kappa shape index (κ1) is 19.4. The summed E-state index contributed by atoms with van der Waals surface area (Å²) in [5.41, 5.74) is 5.46. The SMILES string of the molecule is CC1(C)[C](C=C(c2ccccc2)c2ccccc2)C2CCCC2[C]1c1ccccc1. The van der Waals surface area contributed by atoms with Crippen LogP contribution in [-0.4, -0.2) is 0 Å². The van der Waals surface area contributed by atoms with E-state index in [0.29, 0.717) is 11.8 Å². The van der Waals surface area contributed by atoms with Crippen molar-refractivity contribution in [2.24, 2.45) is 17.3 Å². The molecule has 0 aliphatic heterocycles. The maximum atomic E-state index is 2.55. The molecular formula is C30H30. The van der Waals surface area contributed by atoms with Crippen LogP contribution in [0.3, 0.4) is 0 Å². The maximum absolute atomic E-state index is 2.55. The third-order valence-corrected chi connectivity index (χ3v) is 7.24. The lowest BCUT2D eigenvalue weighted by molar-refractivity contribution is 0.441. The molecule has 0 saturated heterocycles. The topological polar surface area (TPSA) is 0 Å². The van der Waals surface area contributed by atoms with Crippen molar-refractivity contribution in [2.75, 3.05) is 0 Å². The zero-order chi connectivity index (χ0) is 20.6. The fraction of sp³-hybridized carbons (Fsp3) is 0.267. The molecule has 0 spiro atoms. The highest BCUT2D eigenvalue weighted by Crippen LogP contribution is 2.65. The van der Waals surface area contributed by atoms with Crippen molar-refractivity contribution >= 4 is 5.57 Å². The summed E-state index contributed by atoms with van der Waals surface area (Å²) in [6, 6.07) is 32.9. The number of fused-ring (bicyclic) bond motifs is 1. The Balaban J connectivity index is 1.63. The summed E-state index contributed by atoms with van der Waals surface area (Å²) in [6.07, 6.45) is 6.52. The first-order valence-electron chi connectivity index (χ1n) is 11.3. The van der Waals surface area contributed by atoms with E-state index in [9.17, 15) is 0 Å². The molecule has 2 radical (unpaired) electrons. The largest absolute Gasteiger partial charge is 0.0681 e. The Hall–Kier alpha value is -2.60. The quantitative estimate of drug-likeness (QED) is 0.427. The molecule has 0 aromatic heterocycles. The van der Waals surface area contributed by atoms with Crippen LogP contribution >= 0.6 is 0 Å². The van der Waals surface area contributed by atoms with Crippen LogP contribution in [0.4, 0.5) is 0 Å². The van der Waals surface area contributed by atoms with Crippen LogP contribution < -0.4 is 0 Å². The van der Waals surface area contributed by atoms with Crippen molar-refractivity contribution in [2.45, 2.75) is 33.1 Å². The van der Waals surface area contributed by atoms with E-state index >= 15 is 0 Å². The van der Waals surface area contributed by atoms with E-state index in [4.69, 9.17) is 0 Å². The summed E-state index contributed by atoms with van der Waals surface area (Å²) in [5, 5.41) is 0. The average Bonchev–Trinajstić information content (AvgIpc) is 3.32. The van der Waals surface area contributed by atoms with E-state index < -0.39 is 0 Å². The Bertz CT molecular complexity index is 956. The maximum Gasteiger partial charge on any atom is 0.0149 e. The predicted octanol–water partition coefficient (Wildman–Crippen LogP) is 7.77. The van der Waals surface area contributed by atoms with Gasteiger partial charge < -0.3 is 0 Å². The normalized spacial score (nSPS) is 23.3. The molecule has 0 N–H and O–H groups in total. The molecule has 3 aromatic rings. The van der Waals surface area contributed by atoms with Gasteiger partial charge in [0.2, 0.25) is 0 Å². The Morgan fingerprint density at radius 1 is 0.700 bits per heavy atom. The third kappa shape index (κ3) is 3.33. The molecule has 2 aliphatic carbocycles. The van der Waals surface area contributed by atoms with Crippen molar-refractivity contribution < 1.29 is 0 Å². The Morgan fingerprint density at radius 2 is 1.20 bits per heavy atom. The van der Waals surface area contributed by atoms with Gasteiger partial charge in [0.15, 0.2) is 0 Å². The van der Waals surface area contributed by atoms with E-state index in [-0.39, 0.29) is 5.41 Å². The number of benzene rings is 3. The molecular weight excluding hydrogens is 360 g/mol. The summed E-state index contributed by atoms with van der Waals surface area (Å²) in [6.45, 7) is 4.90. The molecule has 3 aromatic carbocycles. The molecule has 0 amide bonds. The molecule has 0 heterocycles. The first-order valence-corrected chi connectivity index (χ1v) is 11.3. The molecule has 0 nitrogen and oxygen atoms in total. The second kappa shape index (κ2) is 7.91. The summed E-state index contributed by atoms with van der Waals surface area (Å²) in [7, 11) is 0. The highest BCUT2D eigenvalue weighted by atomic mass is 14.6. The van der Waals surface area contributed by atoms with Crippen molar-refractivity contribution in [3.05, 3.63) is 126 Å². The van der Waals surface area contributed by atoms with Gasteiger partial charge in [-0.05, 0) is 52.4 Å². The van der Waals surface area contributed by atoms with E-state index in [1.807, 2.05) is 0 Å². The summed E-state index contributed by atoms with van der Waals surface area (Å²) in [4.78, 5) is 0. The number of hydrogen-bond donors (Lipinski definition) is 0. The van der Waals surface area contributed by atoms with Crippen LogP contribution in [0.5, 0.6) is 0 Å². The van der Waals surface area contributed by atoms with Gasteiger partial charge in [0, 0.05) is 11.8 Å². The van der Waals surface area contributed by atoms with Crippen LogP contribution in [0.1, 0.15) is 49.8 Å². The van der Waals surface area contributed by atoms with Gasteiger partial charge in [-0.3, -0.25) is 0 Å². The molecule has 2 fully saturated rings. The van der Waals surface area contributed by atoms with Crippen LogP contribution in [0.25, 0.3) is 5.57 Å². The third-order valence-electron chi connectivity index (χ3n) is 7.24. The van der Waals surface area contributed by atoms with Crippen LogP contribution in [0.15, 0.2) is 97.1 Å². The molecule has 150 valence electrons. The highest BCUT2D eigenvalue weighted by Gasteiger charge is 2.56. The average molecular weight is 391 g/mol. The fourth-order valence-corrected chi connectivity index (χ4v) is 5.96. The van der Waals surface area contributed by atoms with E-state index in [1.54, 1.807) is 11.8 Å². The second-order valence-corrected chi connectivity index (χ2v) is 9.29. The first-order chi connectivity index (χ1) is 14.7. The van der Waals surface area contributed by atoms with Gasteiger partial charge in [-0.1, -0.05) is 117 Å². The zero-order valence-corrected chi connectivity index (χ0v) is 18.0. The minimum Gasteiger partial charge on any atom is -0.0681 e. The number of allylic oxidation sites excluding steroid dienone is 1. The predicted molar refractivity (Wildman–Crippen MR) is 127 cm³/mol. The van der Waals surface area contributed by atoms with Crippen LogP contribution in [0.2, 0.25) is 0 Å². The zero-order valence-electron chi connectivity index (χ0n) is 18.0. The van der Waals surface area contributed by atoms with Crippen molar-refractivity contribution in [1.82, 2.24) is 0 Å². The number of hydrogen-bond acceptors (Lipinski definition) is 0. The molecule has 2 saturated carbocycles. The van der Waals surface area contributed by atoms with E-state index in [0.717, 1.165) is 0 Å². The van der Waals surface area contributed by atoms with Crippen molar-refractivity contribution in [1.29, 1.82) is 0 Å². The molecule has 0 heteroatoms. The summed E-state index contributed by atoms with van der Waals surface area (Å²) >= 11 is 0. The van der Waals surface area contributed by atoms with Crippen LogP contribution in [0, 0.1) is 29.1 Å². The van der Waals surface area contributed by atoms with Gasteiger partial charge >= 0.3 is 0 Å². The van der Waals surface area contributed by atoms with E-state index in [2.05, 4.69) is 111 Å². The van der Waals surface area contributed by atoms with Crippen molar-refractivity contribution in [3.8, 4) is 0 Å². The van der Waals surface area contributed by atoms with Gasteiger partial charge in [0.25, 0.3) is 0 Å². The highest BCUT2D eigenvalue weighted by molar-refractivity contribution is 5.81.